The number of amides is 1. The SMILES string of the molecule is CCN1CCC(N(C)C(=O)c2csc(-c3ccc(OC)cc3)n2)CC1. The van der Waals surface area contributed by atoms with Crippen molar-refractivity contribution in [3.05, 3.63) is 35.3 Å². The van der Waals surface area contributed by atoms with Crippen LogP contribution < -0.4 is 4.74 Å². The van der Waals surface area contributed by atoms with Gasteiger partial charge in [0.1, 0.15) is 16.5 Å². The summed E-state index contributed by atoms with van der Waals surface area (Å²) in [7, 11) is 3.55. The minimum absolute atomic E-state index is 0.0194. The van der Waals surface area contributed by atoms with E-state index in [1.54, 1.807) is 7.11 Å². The van der Waals surface area contributed by atoms with Gasteiger partial charge in [0.15, 0.2) is 0 Å². The molecule has 0 spiro atoms. The van der Waals surface area contributed by atoms with E-state index in [0.29, 0.717) is 11.7 Å². The maximum atomic E-state index is 12.8. The van der Waals surface area contributed by atoms with Crippen LogP contribution in [0.4, 0.5) is 0 Å². The molecule has 5 nitrogen and oxygen atoms in total. The highest BCUT2D eigenvalue weighted by molar-refractivity contribution is 7.13. The lowest BCUT2D eigenvalue weighted by Crippen LogP contribution is -2.45. The van der Waals surface area contributed by atoms with Crippen molar-refractivity contribution in [1.82, 2.24) is 14.8 Å². The number of carbonyl (C=O) groups excluding carboxylic acids is 1. The second-order valence-corrected chi connectivity index (χ2v) is 7.21. The first-order chi connectivity index (χ1) is 12.1. The molecule has 2 aromatic rings. The third-order valence-electron chi connectivity index (χ3n) is 4.93. The van der Waals surface area contributed by atoms with Gasteiger partial charge in [0.25, 0.3) is 5.91 Å². The standard InChI is InChI=1S/C19H25N3O2S/c1-4-22-11-9-15(10-12-22)21(2)19(23)17-13-25-18(20-17)14-5-7-16(24-3)8-6-14/h5-8,13,15H,4,9-12H2,1-3H3. The Labute approximate surface area is 153 Å². The first-order valence-corrected chi connectivity index (χ1v) is 9.59. The first-order valence-electron chi connectivity index (χ1n) is 8.71. The van der Waals surface area contributed by atoms with Gasteiger partial charge in [-0.1, -0.05) is 6.92 Å². The molecule has 25 heavy (non-hydrogen) atoms. The lowest BCUT2D eigenvalue weighted by atomic mass is 10.0. The molecule has 0 unspecified atom stereocenters. The molecule has 2 heterocycles. The second kappa shape index (κ2) is 7.97. The summed E-state index contributed by atoms with van der Waals surface area (Å²) in [6.45, 7) is 5.40. The van der Waals surface area contributed by atoms with Crippen LogP contribution in [0.15, 0.2) is 29.6 Å². The van der Waals surface area contributed by atoms with Gasteiger partial charge in [0, 0.05) is 37.1 Å². The quantitative estimate of drug-likeness (QED) is 0.821. The molecule has 0 radical (unpaired) electrons. The summed E-state index contributed by atoms with van der Waals surface area (Å²) in [6, 6.07) is 8.06. The summed E-state index contributed by atoms with van der Waals surface area (Å²) >= 11 is 1.50. The maximum absolute atomic E-state index is 12.8. The van der Waals surface area contributed by atoms with Crippen LogP contribution in [0, 0.1) is 0 Å². The van der Waals surface area contributed by atoms with Gasteiger partial charge in [-0.15, -0.1) is 11.3 Å². The van der Waals surface area contributed by atoms with Crippen LogP contribution in [0.1, 0.15) is 30.3 Å². The zero-order valence-corrected chi connectivity index (χ0v) is 15.9. The smallest absolute Gasteiger partial charge is 0.273 e. The molecular weight excluding hydrogens is 334 g/mol. The summed E-state index contributed by atoms with van der Waals surface area (Å²) in [5.41, 5.74) is 1.54. The van der Waals surface area contributed by atoms with Crippen molar-refractivity contribution < 1.29 is 9.53 Å². The average molecular weight is 359 g/mol. The predicted molar refractivity (Wildman–Crippen MR) is 101 cm³/mol. The van der Waals surface area contributed by atoms with Crippen LogP contribution in [0.3, 0.4) is 0 Å². The van der Waals surface area contributed by atoms with E-state index in [1.807, 2.05) is 41.6 Å². The van der Waals surface area contributed by atoms with Crippen molar-refractivity contribution in [2.45, 2.75) is 25.8 Å². The number of aromatic nitrogens is 1. The normalized spacial score (nSPS) is 16.0. The van der Waals surface area contributed by atoms with Crippen molar-refractivity contribution in [1.29, 1.82) is 0 Å². The highest BCUT2D eigenvalue weighted by Gasteiger charge is 2.26. The highest BCUT2D eigenvalue weighted by Crippen LogP contribution is 2.26. The molecule has 1 aromatic carbocycles. The van der Waals surface area contributed by atoms with Crippen molar-refractivity contribution in [3.63, 3.8) is 0 Å². The Morgan fingerprint density at radius 2 is 2.00 bits per heavy atom. The van der Waals surface area contributed by atoms with Crippen LogP contribution in [0.2, 0.25) is 0 Å². The Bertz CT molecular complexity index is 706. The topological polar surface area (TPSA) is 45.7 Å². The third kappa shape index (κ3) is 4.02. The van der Waals surface area contributed by atoms with Crippen LogP contribution in [0.5, 0.6) is 5.75 Å². The number of benzene rings is 1. The summed E-state index contributed by atoms with van der Waals surface area (Å²) in [4.78, 5) is 21.6. The van der Waals surface area contributed by atoms with Crippen LogP contribution in [-0.2, 0) is 0 Å². The van der Waals surface area contributed by atoms with Gasteiger partial charge in [0.05, 0.1) is 7.11 Å². The molecule has 3 rings (SSSR count). The molecule has 1 fully saturated rings. The number of rotatable bonds is 5. The number of nitrogens with zero attached hydrogens (tertiary/aromatic N) is 3. The Morgan fingerprint density at radius 3 is 2.60 bits per heavy atom. The van der Waals surface area contributed by atoms with Gasteiger partial charge in [-0.3, -0.25) is 4.79 Å². The summed E-state index contributed by atoms with van der Waals surface area (Å²) in [5, 5.41) is 2.72. The van der Waals surface area contributed by atoms with Crippen LogP contribution in [0.25, 0.3) is 10.6 Å². The number of methoxy groups -OCH3 is 1. The molecule has 1 amide bonds. The third-order valence-corrected chi connectivity index (χ3v) is 5.82. The zero-order chi connectivity index (χ0) is 17.8. The molecule has 1 aromatic heterocycles. The van der Waals surface area contributed by atoms with E-state index < -0.39 is 0 Å². The molecule has 1 aliphatic heterocycles. The molecule has 0 bridgehead atoms. The molecule has 134 valence electrons. The highest BCUT2D eigenvalue weighted by atomic mass is 32.1. The molecule has 0 atom stereocenters. The van der Waals surface area contributed by atoms with E-state index in [-0.39, 0.29) is 5.91 Å². The molecule has 1 aliphatic rings. The number of ether oxygens (including phenoxy) is 1. The number of piperidine rings is 1. The summed E-state index contributed by atoms with van der Waals surface area (Å²) in [6.07, 6.45) is 2.07. The molecule has 6 heteroatoms. The van der Waals surface area contributed by atoms with Gasteiger partial charge < -0.3 is 14.5 Å². The number of thiazole rings is 1. The minimum atomic E-state index is 0.0194. The Morgan fingerprint density at radius 1 is 1.32 bits per heavy atom. The first kappa shape index (κ1) is 17.9. The van der Waals surface area contributed by atoms with E-state index in [4.69, 9.17) is 4.74 Å². The largest absolute Gasteiger partial charge is 0.497 e. The summed E-state index contributed by atoms with van der Waals surface area (Å²) in [5.74, 6) is 0.834. The van der Waals surface area contributed by atoms with E-state index in [9.17, 15) is 4.79 Å². The minimum Gasteiger partial charge on any atom is -0.497 e. The summed E-state index contributed by atoms with van der Waals surface area (Å²) < 4.78 is 5.18. The van der Waals surface area contributed by atoms with Gasteiger partial charge >= 0.3 is 0 Å². The zero-order valence-electron chi connectivity index (χ0n) is 15.1. The molecule has 0 N–H and O–H groups in total. The fourth-order valence-electron chi connectivity index (χ4n) is 3.21. The van der Waals surface area contributed by atoms with Gasteiger partial charge in [0.2, 0.25) is 0 Å². The fourth-order valence-corrected chi connectivity index (χ4v) is 4.01. The lowest BCUT2D eigenvalue weighted by molar-refractivity contribution is 0.0642. The Hall–Kier alpha value is -1.92. The van der Waals surface area contributed by atoms with Gasteiger partial charge in [-0.05, 0) is 43.7 Å². The molecule has 1 saturated heterocycles. The number of hydrogen-bond donors (Lipinski definition) is 0. The van der Waals surface area contributed by atoms with Crippen LogP contribution in [-0.4, -0.2) is 60.5 Å². The van der Waals surface area contributed by atoms with E-state index in [1.165, 1.54) is 11.3 Å². The fraction of sp³-hybridized carbons (Fsp3) is 0.474. The Kier molecular flexibility index (Phi) is 5.71. The van der Waals surface area contributed by atoms with E-state index in [2.05, 4.69) is 16.8 Å². The Balaban J connectivity index is 1.67. The number of carbonyl (C=O) groups is 1. The van der Waals surface area contributed by atoms with E-state index in [0.717, 1.165) is 48.8 Å². The molecule has 0 aliphatic carbocycles. The maximum Gasteiger partial charge on any atom is 0.273 e. The van der Waals surface area contributed by atoms with Crippen LogP contribution >= 0.6 is 11.3 Å². The second-order valence-electron chi connectivity index (χ2n) is 6.35. The predicted octanol–water partition coefficient (Wildman–Crippen LogP) is 3.38. The molecule has 0 saturated carbocycles. The van der Waals surface area contributed by atoms with Crippen molar-refractivity contribution in [2.75, 3.05) is 33.8 Å². The lowest BCUT2D eigenvalue weighted by Gasteiger charge is -2.36. The monoisotopic (exact) mass is 359 g/mol. The van der Waals surface area contributed by atoms with Crippen molar-refractivity contribution in [3.8, 4) is 16.3 Å². The number of likely N-dealkylation sites (tertiary alicyclic amines) is 1. The van der Waals surface area contributed by atoms with Gasteiger partial charge in [-0.25, -0.2) is 4.98 Å². The molecular formula is C19H25N3O2S. The van der Waals surface area contributed by atoms with Crippen molar-refractivity contribution in [2.24, 2.45) is 0 Å². The average Bonchev–Trinajstić information content (AvgIpc) is 3.17. The van der Waals surface area contributed by atoms with E-state index >= 15 is 0 Å². The van der Waals surface area contributed by atoms with Gasteiger partial charge in [-0.2, -0.15) is 0 Å². The van der Waals surface area contributed by atoms with Crippen molar-refractivity contribution >= 4 is 17.2 Å². The number of hydrogen-bond acceptors (Lipinski definition) is 5.